The Hall–Kier alpha value is -1.93. The van der Waals surface area contributed by atoms with Crippen LogP contribution in [0.25, 0.3) is 0 Å². The average Bonchev–Trinajstić information content (AvgIpc) is 2.71. The van der Waals surface area contributed by atoms with E-state index in [1.165, 1.54) is 6.20 Å². The molecule has 0 fully saturated rings. The lowest BCUT2D eigenvalue weighted by Crippen LogP contribution is -2.14. The second-order valence-electron chi connectivity index (χ2n) is 4.16. The van der Waals surface area contributed by atoms with Crippen LogP contribution >= 0.6 is 11.3 Å². The van der Waals surface area contributed by atoms with E-state index in [1.54, 1.807) is 19.1 Å². The van der Waals surface area contributed by atoms with Gasteiger partial charge in [0, 0.05) is 11.1 Å². The SMILES string of the molecule is Cc1ccnc(NS(=O)(=O)c2cc(C(=O)O)sc2C)c1. The lowest BCUT2D eigenvalue weighted by molar-refractivity contribution is 0.0702. The van der Waals surface area contributed by atoms with E-state index in [2.05, 4.69) is 9.71 Å². The number of carboxylic acid groups (broad SMARTS) is 1. The summed E-state index contributed by atoms with van der Waals surface area (Å²) >= 11 is 0.924. The number of nitrogens with zero attached hydrogens (tertiary/aromatic N) is 1. The first-order valence-electron chi connectivity index (χ1n) is 5.59. The van der Waals surface area contributed by atoms with Gasteiger partial charge in [-0.2, -0.15) is 0 Å². The second kappa shape index (κ2) is 5.22. The molecule has 0 atom stereocenters. The van der Waals surface area contributed by atoms with E-state index < -0.39 is 16.0 Å². The average molecular weight is 312 g/mol. The second-order valence-corrected chi connectivity index (χ2v) is 7.07. The fourth-order valence-corrected chi connectivity index (χ4v) is 4.05. The third-order valence-electron chi connectivity index (χ3n) is 2.53. The smallest absolute Gasteiger partial charge is 0.345 e. The van der Waals surface area contributed by atoms with Crippen molar-refractivity contribution >= 4 is 33.1 Å². The number of hydrogen-bond acceptors (Lipinski definition) is 5. The van der Waals surface area contributed by atoms with Crippen LogP contribution < -0.4 is 4.72 Å². The summed E-state index contributed by atoms with van der Waals surface area (Å²) in [6.07, 6.45) is 1.50. The fraction of sp³-hybridized carbons (Fsp3) is 0.167. The summed E-state index contributed by atoms with van der Waals surface area (Å²) in [4.78, 5) is 15.2. The first-order valence-corrected chi connectivity index (χ1v) is 7.89. The van der Waals surface area contributed by atoms with Crippen molar-refractivity contribution in [1.29, 1.82) is 0 Å². The third kappa shape index (κ3) is 2.97. The van der Waals surface area contributed by atoms with Gasteiger partial charge in [0.25, 0.3) is 10.0 Å². The van der Waals surface area contributed by atoms with Crippen molar-refractivity contribution in [3.05, 3.63) is 39.7 Å². The minimum absolute atomic E-state index is 0.0138. The lowest BCUT2D eigenvalue weighted by atomic mass is 10.3. The molecule has 0 amide bonds. The highest BCUT2D eigenvalue weighted by Crippen LogP contribution is 2.27. The number of carbonyl (C=O) groups is 1. The van der Waals surface area contributed by atoms with Crippen LogP contribution in [0.4, 0.5) is 5.82 Å². The van der Waals surface area contributed by atoms with E-state index in [0.717, 1.165) is 23.0 Å². The number of thiophene rings is 1. The first-order chi connectivity index (χ1) is 9.29. The van der Waals surface area contributed by atoms with Crippen molar-refractivity contribution in [1.82, 2.24) is 4.98 Å². The Labute approximate surface area is 120 Å². The van der Waals surface area contributed by atoms with E-state index in [9.17, 15) is 13.2 Å². The maximum Gasteiger partial charge on any atom is 0.345 e. The molecule has 2 rings (SSSR count). The molecule has 0 saturated carbocycles. The van der Waals surface area contributed by atoms with Gasteiger partial charge in [-0.15, -0.1) is 11.3 Å². The summed E-state index contributed by atoms with van der Waals surface area (Å²) in [6.45, 7) is 3.38. The van der Waals surface area contributed by atoms with Crippen LogP contribution in [0, 0.1) is 13.8 Å². The number of carboxylic acids is 1. The van der Waals surface area contributed by atoms with Crippen LogP contribution in [-0.4, -0.2) is 24.5 Å². The summed E-state index contributed by atoms with van der Waals surface area (Å²) in [5.41, 5.74) is 0.867. The Morgan fingerprint density at radius 1 is 1.35 bits per heavy atom. The molecular weight excluding hydrogens is 300 g/mol. The quantitative estimate of drug-likeness (QED) is 0.902. The zero-order valence-corrected chi connectivity index (χ0v) is 12.4. The Bertz CT molecular complexity index is 766. The van der Waals surface area contributed by atoms with Gasteiger partial charge in [0.2, 0.25) is 0 Å². The Morgan fingerprint density at radius 3 is 2.60 bits per heavy atom. The summed E-state index contributed by atoms with van der Waals surface area (Å²) in [5.74, 6) is -0.944. The summed E-state index contributed by atoms with van der Waals surface area (Å²) in [7, 11) is -3.84. The molecular formula is C12H12N2O4S2. The van der Waals surface area contributed by atoms with Crippen LogP contribution in [0.3, 0.4) is 0 Å². The molecule has 2 heterocycles. The molecule has 2 aromatic rings. The largest absolute Gasteiger partial charge is 0.477 e. The summed E-state index contributed by atoms with van der Waals surface area (Å²) in [6, 6.07) is 4.49. The van der Waals surface area contributed by atoms with E-state index in [1.807, 2.05) is 6.92 Å². The van der Waals surface area contributed by atoms with Crippen LogP contribution in [0.2, 0.25) is 0 Å². The number of aromatic nitrogens is 1. The molecule has 20 heavy (non-hydrogen) atoms. The molecule has 0 bridgehead atoms. The maximum absolute atomic E-state index is 12.2. The molecule has 0 aromatic carbocycles. The van der Waals surface area contributed by atoms with Gasteiger partial charge in [0.1, 0.15) is 15.6 Å². The lowest BCUT2D eigenvalue weighted by Gasteiger charge is -2.07. The minimum atomic E-state index is -3.84. The number of sulfonamides is 1. The van der Waals surface area contributed by atoms with Crippen molar-refractivity contribution in [3.63, 3.8) is 0 Å². The molecule has 0 spiro atoms. The zero-order chi connectivity index (χ0) is 14.9. The van der Waals surface area contributed by atoms with E-state index in [-0.39, 0.29) is 15.6 Å². The number of aromatic carboxylic acids is 1. The molecule has 6 nitrogen and oxygen atoms in total. The van der Waals surface area contributed by atoms with E-state index in [0.29, 0.717) is 4.88 Å². The van der Waals surface area contributed by atoms with E-state index in [4.69, 9.17) is 5.11 Å². The summed E-state index contributed by atoms with van der Waals surface area (Å²) < 4.78 is 26.8. The molecule has 2 aromatic heterocycles. The van der Waals surface area contributed by atoms with Gasteiger partial charge in [-0.3, -0.25) is 4.72 Å². The number of pyridine rings is 1. The van der Waals surface area contributed by atoms with Crippen LogP contribution in [0.15, 0.2) is 29.3 Å². The minimum Gasteiger partial charge on any atom is -0.477 e. The van der Waals surface area contributed by atoms with Crippen molar-refractivity contribution < 1.29 is 18.3 Å². The Balaban J connectivity index is 2.38. The first kappa shape index (κ1) is 14.5. The maximum atomic E-state index is 12.2. The topological polar surface area (TPSA) is 96.4 Å². The van der Waals surface area contributed by atoms with Gasteiger partial charge >= 0.3 is 5.97 Å². The molecule has 0 saturated heterocycles. The Morgan fingerprint density at radius 2 is 2.05 bits per heavy atom. The van der Waals surface area contributed by atoms with Gasteiger partial charge in [-0.05, 0) is 37.6 Å². The fourth-order valence-electron chi connectivity index (χ4n) is 1.62. The molecule has 106 valence electrons. The highest BCUT2D eigenvalue weighted by Gasteiger charge is 2.22. The molecule has 8 heteroatoms. The number of hydrogen-bond donors (Lipinski definition) is 2. The monoisotopic (exact) mass is 312 g/mol. The predicted octanol–water partition coefficient (Wildman–Crippen LogP) is 2.26. The van der Waals surface area contributed by atoms with Gasteiger partial charge < -0.3 is 5.11 Å². The summed E-state index contributed by atoms with van der Waals surface area (Å²) in [5, 5.41) is 8.90. The third-order valence-corrected chi connectivity index (χ3v) is 5.18. The normalized spacial score (nSPS) is 11.3. The van der Waals surface area contributed by atoms with Crippen molar-refractivity contribution in [2.45, 2.75) is 18.7 Å². The van der Waals surface area contributed by atoms with Gasteiger partial charge in [0.05, 0.1) is 0 Å². The van der Waals surface area contributed by atoms with Crippen molar-refractivity contribution in [2.75, 3.05) is 4.72 Å². The molecule has 0 radical (unpaired) electrons. The highest BCUT2D eigenvalue weighted by molar-refractivity contribution is 7.93. The number of rotatable bonds is 4. The molecule has 0 aliphatic heterocycles. The highest BCUT2D eigenvalue weighted by atomic mass is 32.2. The molecule has 0 aliphatic carbocycles. The van der Waals surface area contributed by atoms with Crippen molar-refractivity contribution in [3.8, 4) is 0 Å². The van der Waals surface area contributed by atoms with Gasteiger partial charge in [0.15, 0.2) is 0 Å². The van der Waals surface area contributed by atoms with Crippen LogP contribution in [0.5, 0.6) is 0 Å². The standard InChI is InChI=1S/C12H12N2O4S2/c1-7-3-4-13-11(5-7)14-20(17,18)10-6-9(12(15)16)19-8(10)2/h3-6H,1-2H3,(H,13,14)(H,15,16). The zero-order valence-electron chi connectivity index (χ0n) is 10.7. The molecule has 0 unspecified atom stereocenters. The Kier molecular flexibility index (Phi) is 3.78. The van der Waals surface area contributed by atoms with Crippen LogP contribution in [0.1, 0.15) is 20.1 Å². The number of nitrogens with one attached hydrogen (secondary N) is 1. The number of aryl methyl sites for hydroxylation is 2. The number of anilines is 1. The van der Waals surface area contributed by atoms with Gasteiger partial charge in [-0.25, -0.2) is 18.2 Å². The van der Waals surface area contributed by atoms with Gasteiger partial charge in [-0.1, -0.05) is 0 Å². The molecule has 0 aliphatic rings. The van der Waals surface area contributed by atoms with E-state index >= 15 is 0 Å². The molecule has 2 N–H and O–H groups in total. The predicted molar refractivity (Wildman–Crippen MR) is 75.8 cm³/mol. The van der Waals surface area contributed by atoms with Crippen LogP contribution in [-0.2, 0) is 10.0 Å². The van der Waals surface area contributed by atoms with Crippen molar-refractivity contribution in [2.24, 2.45) is 0 Å².